The third kappa shape index (κ3) is 3.59. The first-order chi connectivity index (χ1) is 7.95. The van der Waals surface area contributed by atoms with E-state index in [0.29, 0.717) is 5.02 Å². The van der Waals surface area contributed by atoms with Crippen molar-refractivity contribution in [1.29, 1.82) is 0 Å². The van der Waals surface area contributed by atoms with Crippen molar-refractivity contribution in [2.45, 2.75) is 6.04 Å². The van der Waals surface area contributed by atoms with Gasteiger partial charge in [0.05, 0.1) is 17.2 Å². The summed E-state index contributed by atoms with van der Waals surface area (Å²) in [5.74, 6) is -2.04. The molecule has 1 aromatic carbocycles. The topological polar surface area (TPSA) is 86.6 Å². The normalized spacial score (nSPS) is 11.9. The third-order valence-corrected chi connectivity index (χ3v) is 2.52. The number of amides is 1. The Kier molecular flexibility index (Phi) is 4.74. The molecule has 0 heterocycles. The average Bonchev–Trinajstić information content (AvgIpc) is 2.28. The summed E-state index contributed by atoms with van der Waals surface area (Å²) in [7, 11) is 0. The number of carbonyl (C=O) groups is 2. The quantitative estimate of drug-likeness (QED) is 0.771. The summed E-state index contributed by atoms with van der Waals surface area (Å²) < 4.78 is 0. The Morgan fingerprint density at radius 3 is 2.53 bits per heavy atom. The minimum Gasteiger partial charge on any atom is -0.480 e. The standard InChI is InChI=1S/C10H9Cl2NO4/c11-5-1-2-7(12)6(3-5)9(15)13-8(4-14)10(16)17/h1-3,8,14H,4H2,(H,13,15)(H,16,17). The van der Waals surface area contributed by atoms with Crippen molar-refractivity contribution in [2.24, 2.45) is 0 Å². The van der Waals surface area contributed by atoms with Gasteiger partial charge in [0.25, 0.3) is 5.91 Å². The molecular formula is C10H9Cl2NO4. The van der Waals surface area contributed by atoms with Crippen molar-refractivity contribution in [1.82, 2.24) is 5.32 Å². The molecule has 1 aromatic rings. The van der Waals surface area contributed by atoms with Crippen LogP contribution in [0.15, 0.2) is 18.2 Å². The van der Waals surface area contributed by atoms with Crippen molar-refractivity contribution >= 4 is 35.1 Å². The Morgan fingerprint density at radius 2 is 2.00 bits per heavy atom. The Balaban J connectivity index is 2.89. The number of aliphatic hydroxyl groups is 1. The van der Waals surface area contributed by atoms with Gasteiger partial charge in [-0.1, -0.05) is 23.2 Å². The van der Waals surface area contributed by atoms with Crippen LogP contribution in [-0.2, 0) is 4.79 Å². The van der Waals surface area contributed by atoms with Crippen LogP contribution >= 0.6 is 23.2 Å². The van der Waals surface area contributed by atoms with Crippen LogP contribution in [0, 0.1) is 0 Å². The lowest BCUT2D eigenvalue weighted by Crippen LogP contribution is -2.43. The van der Waals surface area contributed by atoms with Crippen LogP contribution in [0.2, 0.25) is 10.0 Å². The number of carbonyl (C=O) groups excluding carboxylic acids is 1. The van der Waals surface area contributed by atoms with Crippen LogP contribution in [0.3, 0.4) is 0 Å². The van der Waals surface area contributed by atoms with Crippen molar-refractivity contribution in [3.8, 4) is 0 Å². The van der Waals surface area contributed by atoms with E-state index in [1.807, 2.05) is 0 Å². The van der Waals surface area contributed by atoms with E-state index >= 15 is 0 Å². The van der Waals surface area contributed by atoms with Crippen molar-refractivity contribution in [3.63, 3.8) is 0 Å². The average molecular weight is 278 g/mol. The monoisotopic (exact) mass is 277 g/mol. The van der Waals surface area contributed by atoms with E-state index in [-0.39, 0.29) is 10.6 Å². The van der Waals surface area contributed by atoms with Gasteiger partial charge in [0.1, 0.15) is 0 Å². The summed E-state index contributed by atoms with van der Waals surface area (Å²) in [6, 6.07) is 2.86. The number of aliphatic hydroxyl groups excluding tert-OH is 1. The van der Waals surface area contributed by atoms with E-state index in [9.17, 15) is 9.59 Å². The van der Waals surface area contributed by atoms with Crippen molar-refractivity contribution in [2.75, 3.05) is 6.61 Å². The highest BCUT2D eigenvalue weighted by atomic mass is 35.5. The van der Waals surface area contributed by atoms with Gasteiger partial charge in [-0.05, 0) is 18.2 Å². The summed E-state index contributed by atoms with van der Waals surface area (Å²) in [4.78, 5) is 22.3. The fourth-order valence-electron chi connectivity index (χ4n) is 1.09. The zero-order valence-corrected chi connectivity index (χ0v) is 10.00. The molecule has 0 bridgehead atoms. The minimum atomic E-state index is -1.38. The summed E-state index contributed by atoms with van der Waals surface area (Å²) >= 11 is 11.5. The summed E-state index contributed by atoms with van der Waals surface area (Å²) in [5, 5.41) is 20.0. The number of carboxylic acid groups (broad SMARTS) is 1. The maximum atomic E-state index is 11.7. The number of hydrogen-bond donors (Lipinski definition) is 3. The fourth-order valence-corrected chi connectivity index (χ4v) is 1.47. The van der Waals surface area contributed by atoms with Crippen LogP contribution in [0.4, 0.5) is 0 Å². The maximum absolute atomic E-state index is 11.7. The lowest BCUT2D eigenvalue weighted by atomic mass is 10.2. The minimum absolute atomic E-state index is 0.0545. The van der Waals surface area contributed by atoms with Gasteiger partial charge in [-0.3, -0.25) is 4.79 Å². The third-order valence-electron chi connectivity index (χ3n) is 1.96. The first kappa shape index (κ1) is 13.8. The second-order valence-electron chi connectivity index (χ2n) is 3.17. The molecule has 3 N–H and O–H groups in total. The van der Waals surface area contributed by atoms with E-state index in [2.05, 4.69) is 5.32 Å². The molecular weight excluding hydrogens is 269 g/mol. The van der Waals surface area contributed by atoms with Crippen molar-refractivity contribution in [3.05, 3.63) is 33.8 Å². The Labute approximate surface area is 107 Å². The zero-order chi connectivity index (χ0) is 13.0. The van der Waals surface area contributed by atoms with Gasteiger partial charge in [0.15, 0.2) is 6.04 Å². The first-order valence-electron chi connectivity index (χ1n) is 4.55. The fraction of sp³-hybridized carbons (Fsp3) is 0.200. The molecule has 0 aromatic heterocycles. The number of benzene rings is 1. The number of rotatable bonds is 4. The van der Waals surface area contributed by atoms with E-state index < -0.39 is 24.5 Å². The summed E-state index contributed by atoms with van der Waals surface area (Å²) in [6.07, 6.45) is 0. The molecule has 0 saturated heterocycles. The highest BCUT2D eigenvalue weighted by Crippen LogP contribution is 2.20. The molecule has 1 atom stereocenters. The largest absolute Gasteiger partial charge is 0.480 e. The first-order valence-corrected chi connectivity index (χ1v) is 5.31. The molecule has 0 aliphatic rings. The predicted molar refractivity (Wildman–Crippen MR) is 62.4 cm³/mol. The zero-order valence-electron chi connectivity index (χ0n) is 8.48. The Morgan fingerprint density at radius 1 is 1.35 bits per heavy atom. The predicted octanol–water partition coefficient (Wildman–Crippen LogP) is 1.17. The molecule has 0 aliphatic carbocycles. The van der Waals surface area contributed by atoms with E-state index in [4.69, 9.17) is 33.4 Å². The SMILES string of the molecule is O=C(NC(CO)C(=O)O)c1cc(Cl)ccc1Cl. The number of nitrogens with one attached hydrogen (secondary N) is 1. The highest BCUT2D eigenvalue weighted by Gasteiger charge is 2.20. The molecule has 1 amide bonds. The molecule has 7 heteroatoms. The molecule has 1 rings (SSSR count). The van der Waals surface area contributed by atoms with Gasteiger partial charge in [0.2, 0.25) is 0 Å². The number of hydrogen-bond acceptors (Lipinski definition) is 3. The van der Waals surface area contributed by atoms with Crippen LogP contribution in [0.25, 0.3) is 0 Å². The summed E-state index contributed by atoms with van der Waals surface area (Å²) in [5.41, 5.74) is 0.0545. The van der Waals surface area contributed by atoms with E-state index in [1.165, 1.54) is 18.2 Å². The molecule has 0 saturated carbocycles. The second-order valence-corrected chi connectivity index (χ2v) is 4.01. The smallest absolute Gasteiger partial charge is 0.328 e. The van der Waals surface area contributed by atoms with Crippen molar-refractivity contribution < 1.29 is 19.8 Å². The number of aliphatic carboxylic acids is 1. The molecule has 1 unspecified atom stereocenters. The Hall–Kier alpha value is -1.30. The second kappa shape index (κ2) is 5.86. The lowest BCUT2D eigenvalue weighted by Gasteiger charge is -2.12. The van der Waals surface area contributed by atoms with Gasteiger partial charge in [-0.2, -0.15) is 0 Å². The van der Waals surface area contributed by atoms with Gasteiger partial charge in [-0.25, -0.2) is 4.79 Å². The molecule has 0 aliphatic heterocycles. The highest BCUT2D eigenvalue weighted by molar-refractivity contribution is 6.35. The van der Waals surface area contributed by atoms with Crippen LogP contribution in [0.1, 0.15) is 10.4 Å². The summed E-state index contributed by atoms with van der Waals surface area (Å²) in [6.45, 7) is -0.709. The molecule has 0 fully saturated rings. The van der Waals surface area contributed by atoms with Gasteiger partial charge < -0.3 is 15.5 Å². The number of halogens is 2. The van der Waals surface area contributed by atoms with Gasteiger partial charge in [-0.15, -0.1) is 0 Å². The maximum Gasteiger partial charge on any atom is 0.328 e. The lowest BCUT2D eigenvalue weighted by molar-refractivity contribution is -0.140. The Bertz CT molecular complexity index is 450. The van der Waals surface area contributed by atoms with Gasteiger partial charge in [0, 0.05) is 5.02 Å². The molecule has 0 radical (unpaired) electrons. The van der Waals surface area contributed by atoms with Crippen LogP contribution in [0.5, 0.6) is 0 Å². The van der Waals surface area contributed by atoms with Crippen LogP contribution in [-0.4, -0.2) is 34.7 Å². The van der Waals surface area contributed by atoms with E-state index in [0.717, 1.165) is 0 Å². The van der Waals surface area contributed by atoms with E-state index in [1.54, 1.807) is 0 Å². The van der Waals surface area contributed by atoms with Gasteiger partial charge >= 0.3 is 5.97 Å². The molecule has 92 valence electrons. The molecule has 0 spiro atoms. The molecule has 5 nitrogen and oxygen atoms in total. The molecule has 17 heavy (non-hydrogen) atoms. The number of carboxylic acids is 1. The van der Waals surface area contributed by atoms with Crippen LogP contribution < -0.4 is 5.32 Å².